The Bertz CT molecular complexity index is 948. The van der Waals surface area contributed by atoms with Gasteiger partial charge in [-0.1, -0.05) is 80.5 Å². The summed E-state index contributed by atoms with van der Waals surface area (Å²) in [6.07, 6.45) is 6.80. The lowest BCUT2D eigenvalue weighted by Gasteiger charge is -2.17. The van der Waals surface area contributed by atoms with E-state index in [1.807, 2.05) is 0 Å². The fourth-order valence-electron chi connectivity index (χ4n) is 3.90. The van der Waals surface area contributed by atoms with Crippen molar-refractivity contribution in [3.63, 3.8) is 0 Å². The zero-order valence-electron chi connectivity index (χ0n) is 18.7. The molecule has 0 aromatic heterocycles. The smallest absolute Gasteiger partial charge is 0.135 e. The molecule has 3 aromatic rings. The van der Waals surface area contributed by atoms with Crippen LogP contribution in [0.1, 0.15) is 56.6 Å². The second-order valence-corrected chi connectivity index (χ2v) is 8.46. The van der Waals surface area contributed by atoms with Crippen molar-refractivity contribution in [2.45, 2.75) is 65.4 Å². The first-order chi connectivity index (χ1) is 14.6. The zero-order valence-corrected chi connectivity index (χ0v) is 18.7. The third-order valence-electron chi connectivity index (χ3n) is 5.59. The van der Waals surface area contributed by atoms with Gasteiger partial charge in [0.25, 0.3) is 0 Å². The second kappa shape index (κ2) is 11.3. The van der Waals surface area contributed by atoms with Gasteiger partial charge in [0.15, 0.2) is 0 Å². The number of hydrogen-bond donors (Lipinski definition) is 1. The maximum Gasteiger partial charge on any atom is 0.135 e. The van der Waals surface area contributed by atoms with E-state index in [0.717, 1.165) is 33.7 Å². The van der Waals surface area contributed by atoms with E-state index in [1.54, 1.807) is 0 Å². The average molecular weight is 409 g/mol. The molecular formula is C27H36O3. The monoisotopic (exact) mass is 408 g/mol. The Morgan fingerprint density at radius 2 is 1.50 bits per heavy atom. The number of rotatable bonds is 12. The fraction of sp³-hybridized carbons (Fsp3) is 0.481. The predicted octanol–water partition coefficient (Wildman–Crippen LogP) is 6.73. The van der Waals surface area contributed by atoms with Crippen molar-refractivity contribution in [1.82, 2.24) is 0 Å². The fourth-order valence-corrected chi connectivity index (χ4v) is 3.90. The summed E-state index contributed by atoms with van der Waals surface area (Å²) >= 11 is 0. The maximum atomic E-state index is 10.4. The van der Waals surface area contributed by atoms with Crippen molar-refractivity contribution in [3.05, 3.63) is 53.6 Å². The van der Waals surface area contributed by atoms with E-state index >= 15 is 0 Å². The van der Waals surface area contributed by atoms with Gasteiger partial charge in [0.05, 0.1) is 6.61 Å². The lowest BCUT2D eigenvalue weighted by molar-refractivity contribution is 0.0115. The van der Waals surface area contributed by atoms with Gasteiger partial charge in [-0.15, -0.1) is 0 Å². The molecule has 3 heteroatoms. The molecule has 30 heavy (non-hydrogen) atoms. The highest BCUT2D eigenvalue weighted by molar-refractivity contribution is 6.05. The molecule has 0 saturated heterocycles. The summed E-state index contributed by atoms with van der Waals surface area (Å²) in [4.78, 5) is 0. The van der Waals surface area contributed by atoms with Crippen LogP contribution in [0.15, 0.2) is 42.5 Å². The van der Waals surface area contributed by atoms with Crippen LogP contribution in [-0.2, 0) is 4.74 Å². The molecule has 0 bridgehead atoms. The lowest BCUT2D eigenvalue weighted by atomic mass is 9.99. The van der Waals surface area contributed by atoms with Gasteiger partial charge >= 0.3 is 0 Å². The Morgan fingerprint density at radius 1 is 0.767 bits per heavy atom. The lowest BCUT2D eigenvalue weighted by Crippen LogP contribution is -2.23. The Morgan fingerprint density at radius 3 is 2.33 bits per heavy atom. The number of aryl methyl sites for hydroxylation is 2. The van der Waals surface area contributed by atoms with Crippen LogP contribution in [0.2, 0.25) is 0 Å². The topological polar surface area (TPSA) is 38.7 Å². The summed E-state index contributed by atoms with van der Waals surface area (Å²) < 4.78 is 11.9. The molecule has 0 heterocycles. The minimum absolute atomic E-state index is 0.229. The summed E-state index contributed by atoms with van der Waals surface area (Å²) in [6.45, 7) is 7.68. The van der Waals surface area contributed by atoms with Gasteiger partial charge in [-0.25, -0.2) is 0 Å². The Hall–Kier alpha value is -2.10. The summed E-state index contributed by atoms with van der Waals surface area (Å²) in [5, 5.41) is 14.9. The van der Waals surface area contributed by atoms with Crippen molar-refractivity contribution in [1.29, 1.82) is 0 Å². The molecule has 162 valence electrons. The van der Waals surface area contributed by atoms with Crippen molar-refractivity contribution >= 4 is 21.5 Å². The van der Waals surface area contributed by atoms with Gasteiger partial charge in [0.2, 0.25) is 0 Å². The maximum absolute atomic E-state index is 10.4. The van der Waals surface area contributed by atoms with Gasteiger partial charge in [-0.2, -0.15) is 0 Å². The number of ether oxygens (including phenoxy) is 2. The van der Waals surface area contributed by atoms with E-state index < -0.39 is 6.10 Å². The molecule has 0 radical (unpaired) electrons. The average Bonchev–Trinajstić information content (AvgIpc) is 2.73. The Balaban J connectivity index is 1.60. The van der Waals surface area contributed by atoms with Crippen molar-refractivity contribution < 1.29 is 14.6 Å². The highest BCUT2D eigenvalue weighted by Crippen LogP contribution is 2.36. The molecule has 0 aliphatic carbocycles. The van der Waals surface area contributed by atoms with Crippen LogP contribution >= 0.6 is 0 Å². The molecule has 0 saturated carbocycles. The number of benzene rings is 3. The first kappa shape index (κ1) is 22.6. The van der Waals surface area contributed by atoms with Crippen LogP contribution < -0.4 is 4.74 Å². The van der Waals surface area contributed by atoms with E-state index in [-0.39, 0.29) is 6.61 Å². The zero-order chi connectivity index (χ0) is 21.3. The standard InChI is InChI=1S/C27H36O3/c1-4-5-6-7-8-9-14-29-18-24(28)19-30-27-25-13-11-20(2)15-23(25)17-22-12-10-21(3)16-26(22)27/h10-13,15-17,24,28H,4-9,14,18-19H2,1-3H3. The summed E-state index contributed by atoms with van der Waals surface area (Å²) in [6, 6.07) is 15.0. The molecule has 1 unspecified atom stereocenters. The molecule has 3 rings (SSSR count). The van der Waals surface area contributed by atoms with Crippen LogP contribution in [0.25, 0.3) is 21.5 Å². The van der Waals surface area contributed by atoms with Crippen molar-refractivity contribution in [3.8, 4) is 5.75 Å². The number of aliphatic hydroxyl groups excluding tert-OH is 1. The molecule has 0 aliphatic rings. The van der Waals surface area contributed by atoms with E-state index in [2.05, 4.69) is 63.2 Å². The first-order valence-electron chi connectivity index (χ1n) is 11.4. The second-order valence-electron chi connectivity index (χ2n) is 8.46. The van der Waals surface area contributed by atoms with Crippen LogP contribution in [0.5, 0.6) is 5.75 Å². The SMILES string of the molecule is CCCCCCCCOCC(O)COc1c2ccc(C)cc2cc2ccc(C)cc12. The quantitative estimate of drug-likeness (QED) is 0.267. The summed E-state index contributed by atoms with van der Waals surface area (Å²) in [5.41, 5.74) is 2.42. The van der Waals surface area contributed by atoms with E-state index in [4.69, 9.17) is 9.47 Å². The minimum atomic E-state index is -0.634. The van der Waals surface area contributed by atoms with E-state index in [9.17, 15) is 5.11 Å². The highest BCUT2D eigenvalue weighted by Gasteiger charge is 2.12. The number of fused-ring (bicyclic) bond motifs is 2. The number of aliphatic hydroxyl groups is 1. The molecule has 1 N–H and O–H groups in total. The van der Waals surface area contributed by atoms with Crippen LogP contribution in [-0.4, -0.2) is 31.0 Å². The van der Waals surface area contributed by atoms with Crippen molar-refractivity contribution in [2.24, 2.45) is 0 Å². The van der Waals surface area contributed by atoms with Crippen LogP contribution in [0, 0.1) is 13.8 Å². The summed E-state index contributed by atoms with van der Waals surface area (Å²) in [7, 11) is 0. The van der Waals surface area contributed by atoms with Gasteiger partial charge in [-0.05, 0) is 43.2 Å². The van der Waals surface area contributed by atoms with Gasteiger partial charge in [0, 0.05) is 17.4 Å². The highest BCUT2D eigenvalue weighted by atomic mass is 16.5. The summed E-state index contributed by atoms with van der Waals surface area (Å²) in [5.74, 6) is 0.848. The molecule has 0 aliphatic heterocycles. The first-order valence-corrected chi connectivity index (χ1v) is 11.4. The molecule has 3 aromatic carbocycles. The van der Waals surface area contributed by atoms with E-state index in [0.29, 0.717) is 13.2 Å². The Kier molecular flexibility index (Phi) is 8.53. The van der Waals surface area contributed by atoms with Gasteiger partial charge < -0.3 is 14.6 Å². The van der Waals surface area contributed by atoms with Gasteiger partial charge in [-0.3, -0.25) is 0 Å². The minimum Gasteiger partial charge on any atom is -0.489 e. The molecular weight excluding hydrogens is 372 g/mol. The normalized spacial score (nSPS) is 12.5. The largest absolute Gasteiger partial charge is 0.489 e. The molecule has 0 spiro atoms. The third-order valence-corrected chi connectivity index (χ3v) is 5.59. The third kappa shape index (κ3) is 6.20. The number of hydrogen-bond acceptors (Lipinski definition) is 3. The van der Waals surface area contributed by atoms with E-state index in [1.165, 1.54) is 43.2 Å². The van der Waals surface area contributed by atoms with Crippen LogP contribution in [0.4, 0.5) is 0 Å². The van der Waals surface area contributed by atoms with Crippen molar-refractivity contribution in [2.75, 3.05) is 19.8 Å². The van der Waals surface area contributed by atoms with Gasteiger partial charge in [0.1, 0.15) is 18.5 Å². The number of unbranched alkanes of at least 4 members (excludes halogenated alkanes) is 5. The predicted molar refractivity (Wildman–Crippen MR) is 127 cm³/mol. The molecule has 3 nitrogen and oxygen atoms in total. The molecule has 1 atom stereocenters. The Labute approximate surface area is 181 Å². The van der Waals surface area contributed by atoms with Crippen LogP contribution in [0.3, 0.4) is 0 Å². The molecule has 0 amide bonds. The molecule has 0 fully saturated rings.